The maximum atomic E-state index is 12.2. The average Bonchev–Trinajstić information content (AvgIpc) is 2.46. The summed E-state index contributed by atoms with van der Waals surface area (Å²) in [4.78, 5) is 0.194. The van der Waals surface area contributed by atoms with Crippen LogP contribution in [0.3, 0.4) is 0 Å². The van der Waals surface area contributed by atoms with Crippen LogP contribution in [0.25, 0.3) is 0 Å². The molecule has 2 rings (SSSR count). The van der Waals surface area contributed by atoms with Crippen LogP contribution in [-0.4, -0.2) is 8.42 Å². The number of sulfonamides is 1. The summed E-state index contributed by atoms with van der Waals surface area (Å²) in [5.74, 6) is 0. The maximum absolute atomic E-state index is 12.2. The number of nitriles is 1. The molecule has 0 aliphatic rings. The first-order valence-electron chi connectivity index (χ1n) is 6.21. The normalized spacial score (nSPS) is 11.0. The van der Waals surface area contributed by atoms with Gasteiger partial charge in [0.2, 0.25) is 10.0 Å². The van der Waals surface area contributed by atoms with Crippen molar-refractivity contribution in [2.45, 2.75) is 17.9 Å². The number of nitrogens with one attached hydrogen (secondary N) is 1. The van der Waals surface area contributed by atoms with Crippen molar-refractivity contribution in [3.8, 4) is 6.07 Å². The Hall–Kier alpha value is -1.68. The van der Waals surface area contributed by atoms with E-state index in [0.29, 0.717) is 0 Å². The van der Waals surface area contributed by atoms with E-state index in [9.17, 15) is 8.42 Å². The van der Waals surface area contributed by atoms with Crippen LogP contribution in [0.15, 0.2) is 57.9 Å². The molecule has 0 radical (unpaired) electrons. The van der Waals surface area contributed by atoms with Crippen molar-refractivity contribution in [1.29, 1.82) is 5.26 Å². The van der Waals surface area contributed by atoms with Crippen molar-refractivity contribution in [2.75, 3.05) is 0 Å². The number of rotatable bonds is 5. The van der Waals surface area contributed by atoms with E-state index in [1.165, 1.54) is 12.1 Å². The highest BCUT2D eigenvalue weighted by atomic mass is 79.9. The third-order valence-corrected chi connectivity index (χ3v) is 4.78. The zero-order valence-electron chi connectivity index (χ0n) is 11.1. The molecule has 0 atom stereocenters. The van der Waals surface area contributed by atoms with E-state index in [-0.39, 0.29) is 17.9 Å². The Morgan fingerprint density at radius 2 is 1.81 bits per heavy atom. The molecule has 4 nitrogen and oxygen atoms in total. The average molecular weight is 365 g/mol. The van der Waals surface area contributed by atoms with Crippen molar-refractivity contribution < 1.29 is 8.42 Å². The van der Waals surface area contributed by atoms with E-state index in [2.05, 4.69) is 20.7 Å². The van der Waals surface area contributed by atoms with E-state index in [0.717, 1.165) is 15.6 Å². The van der Waals surface area contributed by atoms with Gasteiger partial charge in [-0.1, -0.05) is 40.2 Å². The lowest BCUT2D eigenvalue weighted by atomic mass is 10.2. The molecule has 0 aromatic heterocycles. The summed E-state index contributed by atoms with van der Waals surface area (Å²) in [6, 6.07) is 15.8. The Morgan fingerprint density at radius 3 is 2.43 bits per heavy atom. The Balaban J connectivity index is 2.09. The fraction of sp³-hybridized carbons (Fsp3) is 0.133. The van der Waals surface area contributed by atoms with Gasteiger partial charge in [0.05, 0.1) is 17.4 Å². The first kappa shape index (κ1) is 15.7. The molecule has 6 heteroatoms. The van der Waals surface area contributed by atoms with Gasteiger partial charge in [-0.15, -0.1) is 0 Å². The van der Waals surface area contributed by atoms with Crippen LogP contribution in [-0.2, 0) is 23.0 Å². The molecule has 0 saturated carbocycles. The molecule has 0 spiro atoms. The van der Waals surface area contributed by atoms with Crippen molar-refractivity contribution >= 4 is 26.0 Å². The van der Waals surface area contributed by atoms with Crippen LogP contribution in [0.2, 0.25) is 0 Å². The third kappa shape index (κ3) is 4.39. The number of halogens is 1. The number of hydrogen-bond donors (Lipinski definition) is 1. The summed E-state index contributed by atoms with van der Waals surface area (Å²) < 4.78 is 27.8. The first-order valence-corrected chi connectivity index (χ1v) is 8.49. The van der Waals surface area contributed by atoms with E-state index in [1.807, 2.05) is 30.3 Å². The van der Waals surface area contributed by atoms with E-state index in [1.54, 1.807) is 12.1 Å². The third-order valence-electron chi connectivity index (χ3n) is 2.87. The minimum absolute atomic E-state index is 0.194. The molecule has 0 aliphatic carbocycles. The van der Waals surface area contributed by atoms with Crippen molar-refractivity contribution in [3.63, 3.8) is 0 Å². The second-order valence-electron chi connectivity index (χ2n) is 4.43. The van der Waals surface area contributed by atoms with Gasteiger partial charge in [-0.25, -0.2) is 13.1 Å². The van der Waals surface area contributed by atoms with Crippen LogP contribution in [0.1, 0.15) is 11.1 Å². The van der Waals surface area contributed by atoms with Gasteiger partial charge < -0.3 is 0 Å². The summed E-state index contributed by atoms with van der Waals surface area (Å²) >= 11 is 3.35. The standard InChI is InChI=1S/C15H13BrN2O2S/c16-14-3-1-2-13(10-14)11-18-21(19,20)15-6-4-12(5-7-15)8-9-17/h1-7,10,18H,8,11H2. The summed E-state index contributed by atoms with van der Waals surface area (Å²) in [5, 5.41) is 8.60. The molecule has 21 heavy (non-hydrogen) atoms. The fourth-order valence-corrected chi connectivity index (χ4v) is 3.25. The van der Waals surface area contributed by atoms with Crippen LogP contribution in [0, 0.1) is 11.3 Å². The summed E-state index contributed by atoms with van der Waals surface area (Å²) in [5.41, 5.74) is 1.66. The molecule has 0 fully saturated rings. The fourth-order valence-electron chi connectivity index (χ4n) is 1.79. The van der Waals surface area contributed by atoms with Crippen molar-refractivity contribution in [2.24, 2.45) is 0 Å². The van der Waals surface area contributed by atoms with Gasteiger partial charge in [-0.05, 0) is 35.4 Å². The van der Waals surface area contributed by atoms with Gasteiger partial charge in [-0.2, -0.15) is 5.26 Å². The second-order valence-corrected chi connectivity index (χ2v) is 7.12. The zero-order chi connectivity index (χ0) is 15.3. The molecule has 0 saturated heterocycles. The lowest BCUT2D eigenvalue weighted by Crippen LogP contribution is -2.23. The molecule has 0 amide bonds. The highest BCUT2D eigenvalue weighted by Crippen LogP contribution is 2.14. The van der Waals surface area contributed by atoms with Crippen molar-refractivity contribution in [3.05, 3.63) is 64.1 Å². The van der Waals surface area contributed by atoms with Gasteiger partial charge in [-0.3, -0.25) is 0 Å². The quantitative estimate of drug-likeness (QED) is 0.886. The highest BCUT2D eigenvalue weighted by Gasteiger charge is 2.13. The Bertz CT molecular complexity index is 765. The highest BCUT2D eigenvalue weighted by molar-refractivity contribution is 9.10. The molecule has 1 N–H and O–H groups in total. The van der Waals surface area contributed by atoms with Gasteiger partial charge in [0.1, 0.15) is 0 Å². The first-order chi connectivity index (χ1) is 10.0. The predicted octanol–water partition coefficient (Wildman–Crippen LogP) is 2.99. The maximum Gasteiger partial charge on any atom is 0.240 e. The van der Waals surface area contributed by atoms with E-state index >= 15 is 0 Å². The smallest absolute Gasteiger partial charge is 0.207 e. The molecule has 2 aromatic carbocycles. The summed E-state index contributed by atoms with van der Waals surface area (Å²) in [6.07, 6.45) is 0.270. The SMILES string of the molecule is N#CCc1ccc(S(=O)(=O)NCc2cccc(Br)c2)cc1. The zero-order valence-corrected chi connectivity index (χ0v) is 13.5. The number of benzene rings is 2. The molecule has 2 aromatic rings. The van der Waals surface area contributed by atoms with Gasteiger partial charge >= 0.3 is 0 Å². The Kier molecular flexibility index (Phi) is 5.12. The summed E-state index contributed by atoms with van der Waals surface area (Å²) in [6.45, 7) is 0.224. The van der Waals surface area contributed by atoms with Gasteiger partial charge in [0.15, 0.2) is 0 Å². The van der Waals surface area contributed by atoms with Crippen LogP contribution >= 0.6 is 15.9 Å². The number of hydrogen-bond acceptors (Lipinski definition) is 3. The molecular formula is C15H13BrN2O2S. The molecular weight excluding hydrogens is 352 g/mol. The van der Waals surface area contributed by atoms with Gasteiger partial charge in [0, 0.05) is 11.0 Å². The Labute approximate surface area is 132 Å². The predicted molar refractivity (Wildman–Crippen MR) is 83.9 cm³/mol. The largest absolute Gasteiger partial charge is 0.240 e. The van der Waals surface area contributed by atoms with Crippen LogP contribution in [0.4, 0.5) is 0 Å². The van der Waals surface area contributed by atoms with Gasteiger partial charge in [0.25, 0.3) is 0 Å². The van der Waals surface area contributed by atoms with Crippen LogP contribution in [0.5, 0.6) is 0 Å². The molecule has 0 bridgehead atoms. The number of nitrogens with zero attached hydrogens (tertiary/aromatic N) is 1. The topological polar surface area (TPSA) is 70.0 Å². The Morgan fingerprint density at radius 1 is 1.10 bits per heavy atom. The van der Waals surface area contributed by atoms with Crippen molar-refractivity contribution in [1.82, 2.24) is 4.72 Å². The van der Waals surface area contributed by atoms with E-state index < -0.39 is 10.0 Å². The summed E-state index contributed by atoms with van der Waals surface area (Å²) in [7, 11) is -3.55. The van der Waals surface area contributed by atoms with E-state index in [4.69, 9.17) is 5.26 Å². The molecule has 0 heterocycles. The molecule has 108 valence electrons. The second kappa shape index (κ2) is 6.85. The lowest BCUT2D eigenvalue weighted by molar-refractivity contribution is 0.581. The molecule has 0 unspecified atom stereocenters. The molecule has 0 aliphatic heterocycles. The minimum atomic E-state index is -3.55. The monoisotopic (exact) mass is 364 g/mol. The minimum Gasteiger partial charge on any atom is -0.207 e. The van der Waals surface area contributed by atoms with Crippen LogP contribution < -0.4 is 4.72 Å². The lowest BCUT2D eigenvalue weighted by Gasteiger charge is -2.07.